The van der Waals surface area contributed by atoms with Gasteiger partial charge in [0.25, 0.3) is 5.91 Å². The summed E-state index contributed by atoms with van der Waals surface area (Å²) < 4.78 is 12.6. The highest BCUT2D eigenvalue weighted by Crippen LogP contribution is 2.26. The van der Waals surface area contributed by atoms with E-state index < -0.39 is 11.4 Å². The number of ether oxygens (including phenoxy) is 2. The molecule has 2 amide bonds. The van der Waals surface area contributed by atoms with E-state index >= 15 is 0 Å². The lowest BCUT2D eigenvalue weighted by Crippen LogP contribution is -2.50. The lowest BCUT2D eigenvalue weighted by atomic mass is 10.00. The van der Waals surface area contributed by atoms with Gasteiger partial charge in [-0.25, -0.2) is 4.98 Å². The third-order valence-corrected chi connectivity index (χ3v) is 7.88. The zero-order chi connectivity index (χ0) is 30.7. The van der Waals surface area contributed by atoms with Gasteiger partial charge in [-0.3, -0.25) is 14.6 Å². The predicted molar refractivity (Wildman–Crippen MR) is 164 cm³/mol. The first-order chi connectivity index (χ1) is 20.1. The van der Waals surface area contributed by atoms with Crippen molar-refractivity contribution < 1.29 is 19.1 Å². The minimum atomic E-state index is -0.759. The second-order valence-corrected chi connectivity index (χ2v) is 11.6. The summed E-state index contributed by atoms with van der Waals surface area (Å²) in [4.78, 5) is 33.3. The van der Waals surface area contributed by atoms with E-state index in [-0.39, 0.29) is 25.7 Å². The van der Waals surface area contributed by atoms with Gasteiger partial charge >= 0.3 is 0 Å². The minimum absolute atomic E-state index is 0.200. The number of amides is 2. The van der Waals surface area contributed by atoms with Crippen molar-refractivity contribution in [3.63, 3.8) is 0 Å². The first kappa shape index (κ1) is 32.9. The fraction of sp³-hybridized carbons (Fsp3) is 0.516. The largest absolute Gasteiger partial charge is 0.376 e. The second-order valence-electron chi connectivity index (χ2n) is 10.8. The van der Waals surface area contributed by atoms with Crippen molar-refractivity contribution in [2.24, 2.45) is 5.92 Å². The number of aryl methyl sites for hydroxylation is 1. The van der Waals surface area contributed by atoms with Crippen LogP contribution in [0.3, 0.4) is 0 Å². The molecule has 3 atom stereocenters. The Kier molecular flexibility index (Phi) is 12.2. The molecule has 3 aromatic rings. The molecule has 1 saturated heterocycles. The van der Waals surface area contributed by atoms with Crippen LogP contribution in [-0.4, -0.2) is 58.3 Å². The van der Waals surface area contributed by atoms with Crippen LogP contribution in [0.15, 0.2) is 42.0 Å². The van der Waals surface area contributed by atoms with Crippen molar-refractivity contribution >= 4 is 28.3 Å². The fourth-order valence-corrected chi connectivity index (χ4v) is 4.93. The number of hydrogen-bond acceptors (Lipinski definition) is 8. The van der Waals surface area contributed by atoms with E-state index in [2.05, 4.69) is 61.3 Å². The molecule has 0 aromatic carbocycles. The molecule has 1 aliphatic rings. The zero-order valence-corrected chi connectivity index (χ0v) is 26.2. The molecule has 11 heteroatoms. The van der Waals surface area contributed by atoms with Crippen molar-refractivity contribution in [1.29, 1.82) is 5.26 Å². The van der Waals surface area contributed by atoms with Crippen LogP contribution in [0.25, 0.3) is 11.4 Å². The highest BCUT2D eigenvalue weighted by atomic mass is 32.1. The van der Waals surface area contributed by atoms with E-state index in [4.69, 9.17) is 9.47 Å². The van der Waals surface area contributed by atoms with Crippen molar-refractivity contribution in [3.05, 3.63) is 53.3 Å². The topological polar surface area (TPSA) is 131 Å². The van der Waals surface area contributed by atoms with Gasteiger partial charge in [-0.05, 0) is 57.7 Å². The molecule has 0 bridgehead atoms. The molecule has 1 fully saturated rings. The summed E-state index contributed by atoms with van der Waals surface area (Å²) in [7, 11) is 0. The van der Waals surface area contributed by atoms with Gasteiger partial charge in [0.15, 0.2) is 10.7 Å². The number of nitriles is 1. The van der Waals surface area contributed by atoms with E-state index in [1.54, 1.807) is 23.0 Å². The smallest absolute Gasteiger partial charge is 0.253 e. The maximum absolute atomic E-state index is 12.3. The van der Waals surface area contributed by atoms with E-state index in [0.29, 0.717) is 28.6 Å². The number of anilines is 1. The Bertz CT molecular complexity index is 1350. The fourth-order valence-electron chi connectivity index (χ4n) is 4.21. The summed E-state index contributed by atoms with van der Waals surface area (Å²) in [5, 5.41) is 16.8. The average molecular weight is 595 g/mol. The number of thiazole rings is 1. The van der Waals surface area contributed by atoms with E-state index in [1.165, 1.54) is 24.2 Å². The van der Waals surface area contributed by atoms with Gasteiger partial charge in [0.2, 0.25) is 5.91 Å². The first-order valence-electron chi connectivity index (χ1n) is 14.4. The minimum Gasteiger partial charge on any atom is -0.376 e. The van der Waals surface area contributed by atoms with Gasteiger partial charge < -0.3 is 24.7 Å². The second kappa shape index (κ2) is 15.6. The van der Waals surface area contributed by atoms with Crippen molar-refractivity contribution in [3.8, 4) is 17.5 Å². The number of nitrogens with zero attached hydrogens (tertiary/aromatic N) is 4. The number of aromatic nitrogens is 3. The van der Waals surface area contributed by atoms with Gasteiger partial charge in [0.1, 0.15) is 5.69 Å². The van der Waals surface area contributed by atoms with Crippen LogP contribution in [0.4, 0.5) is 5.13 Å². The maximum atomic E-state index is 12.3. The van der Waals surface area contributed by atoms with Crippen LogP contribution in [0.2, 0.25) is 0 Å². The highest BCUT2D eigenvalue weighted by molar-refractivity contribution is 7.14. The Morgan fingerprint density at radius 3 is 2.52 bits per heavy atom. The standard InChI is InChI=1S/C20H18N6O3S.C11H24O/c1-13-3-2-4-15(23-13)16-9-30-19(24-16)25-17(27)7-22-18(28)14-5-6-26(8-14)20(10-21)11-29-12-20;1-6-9(3)8-11(5)12-10(4)7-2/h2-6,8-9H,7,11-12H2,1H3,(H,22,28)(H,24,25,27);9-11H,6-8H2,1-5H3. The van der Waals surface area contributed by atoms with E-state index in [0.717, 1.165) is 23.7 Å². The lowest BCUT2D eigenvalue weighted by molar-refractivity contribution is -0.115. The molecule has 0 saturated carbocycles. The molecule has 2 N–H and O–H groups in total. The molecule has 3 aromatic heterocycles. The van der Waals surface area contributed by atoms with Crippen LogP contribution in [0.5, 0.6) is 0 Å². The van der Waals surface area contributed by atoms with Crippen LogP contribution in [0.1, 0.15) is 69.9 Å². The van der Waals surface area contributed by atoms with E-state index in [1.807, 2.05) is 30.5 Å². The summed E-state index contributed by atoms with van der Waals surface area (Å²) in [5.74, 6) is 0.00634. The molecule has 3 unspecified atom stereocenters. The van der Waals surface area contributed by atoms with Gasteiger partial charge in [0.05, 0.1) is 49.3 Å². The van der Waals surface area contributed by atoms with Gasteiger partial charge in [-0.1, -0.05) is 33.3 Å². The van der Waals surface area contributed by atoms with Crippen molar-refractivity contribution in [2.75, 3.05) is 25.1 Å². The summed E-state index contributed by atoms with van der Waals surface area (Å²) >= 11 is 1.29. The Hall–Kier alpha value is -3.59. The van der Waals surface area contributed by atoms with Crippen LogP contribution in [0, 0.1) is 24.2 Å². The number of nitrogens with one attached hydrogen (secondary N) is 2. The van der Waals surface area contributed by atoms with Crippen LogP contribution in [-0.2, 0) is 19.8 Å². The predicted octanol–water partition coefficient (Wildman–Crippen LogP) is 5.56. The molecular formula is C31H42N6O4S. The summed E-state index contributed by atoms with van der Waals surface area (Å²) in [6.45, 7) is 13.3. The SMILES string of the molecule is CCC(C)CC(C)OC(C)CC.Cc1cccc(-c2csc(NC(=O)CNC(=O)c3ccn(C4(C#N)COC4)c3)n2)n1. The molecule has 226 valence electrons. The normalized spacial score (nSPS) is 15.6. The third kappa shape index (κ3) is 9.21. The van der Waals surface area contributed by atoms with Crippen molar-refractivity contribution in [1.82, 2.24) is 19.9 Å². The molecule has 0 spiro atoms. The summed E-state index contributed by atoms with van der Waals surface area (Å²) in [5.41, 5.74) is 1.90. The number of hydrogen-bond donors (Lipinski definition) is 2. The summed E-state index contributed by atoms with van der Waals surface area (Å²) in [6.07, 6.45) is 7.66. The van der Waals surface area contributed by atoms with Gasteiger partial charge in [0, 0.05) is 23.5 Å². The molecule has 1 aliphatic heterocycles. The van der Waals surface area contributed by atoms with Crippen molar-refractivity contribution in [2.45, 2.75) is 78.6 Å². The number of rotatable bonds is 12. The number of carbonyl (C=O) groups excluding carboxylic acids is 2. The Morgan fingerprint density at radius 2 is 1.90 bits per heavy atom. The molecule has 0 radical (unpaired) electrons. The highest BCUT2D eigenvalue weighted by Gasteiger charge is 2.40. The Morgan fingerprint density at radius 1 is 1.14 bits per heavy atom. The number of carbonyl (C=O) groups is 2. The van der Waals surface area contributed by atoms with Gasteiger partial charge in [-0.15, -0.1) is 11.3 Å². The zero-order valence-electron chi connectivity index (χ0n) is 25.3. The molecule has 42 heavy (non-hydrogen) atoms. The molecule has 4 rings (SSSR count). The van der Waals surface area contributed by atoms with Crippen LogP contribution < -0.4 is 10.6 Å². The monoisotopic (exact) mass is 594 g/mol. The van der Waals surface area contributed by atoms with Crippen LogP contribution >= 0.6 is 11.3 Å². The molecule has 0 aliphatic carbocycles. The third-order valence-electron chi connectivity index (χ3n) is 7.12. The first-order valence-corrected chi connectivity index (χ1v) is 15.3. The lowest BCUT2D eigenvalue weighted by Gasteiger charge is -2.36. The average Bonchev–Trinajstić information content (AvgIpc) is 3.62. The maximum Gasteiger partial charge on any atom is 0.253 e. The number of pyridine rings is 1. The van der Waals surface area contributed by atoms with Gasteiger partial charge in [-0.2, -0.15) is 5.26 Å². The van der Waals surface area contributed by atoms with E-state index in [9.17, 15) is 14.9 Å². The Balaban J connectivity index is 0.000000343. The quantitative estimate of drug-likeness (QED) is 0.281. The summed E-state index contributed by atoms with van der Waals surface area (Å²) in [6, 6.07) is 9.46. The Labute approximate surface area is 252 Å². The molecule has 4 heterocycles. The molecule has 10 nitrogen and oxygen atoms in total. The molecular weight excluding hydrogens is 552 g/mol.